The number of Topliss-reactive ketones (excluding diaryl/α,β-unsaturated/α-hetero) is 1. The zero-order valence-electron chi connectivity index (χ0n) is 14.4. The molecule has 0 saturated heterocycles. The van der Waals surface area contributed by atoms with Gasteiger partial charge in [0.05, 0.1) is 18.8 Å². The Bertz CT molecular complexity index is 591. The Morgan fingerprint density at radius 2 is 1.61 bits per heavy atom. The van der Waals surface area contributed by atoms with Crippen molar-refractivity contribution in [1.29, 1.82) is 0 Å². The smallest absolute Gasteiger partial charge is 0.238 e. The van der Waals surface area contributed by atoms with Gasteiger partial charge >= 0.3 is 0 Å². The first-order valence-corrected chi connectivity index (χ1v) is 7.48. The summed E-state index contributed by atoms with van der Waals surface area (Å²) in [6.07, 6.45) is 0. The molecule has 0 radical (unpaired) electrons. The Morgan fingerprint density at radius 1 is 1.04 bits per heavy atom. The lowest BCUT2D eigenvalue weighted by Crippen LogP contribution is -2.46. The van der Waals surface area contributed by atoms with Crippen LogP contribution in [0.4, 0.5) is 5.69 Å². The van der Waals surface area contributed by atoms with Crippen LogP contribution >= 0.6 is 0 Å². The molecule has 0 heterocycles. The summed E-state index contributed by atoms with van der Waals surface area (Å²) in [5.41, 5.74) is 0.646. The Labute approximate surface area is 137 Å². The normalized spacial score (nSPS) is 11.2. The molecule has 0 unspecified atom stereocenters. The molecule has 0 aliphatic heterocycles. The lowest BCUT2D eigenvalue weighted by atomic mass is 10.1. The van der Waals surface area contributed by atoms with Gasteiger partial charge in [-0.15, -0.1) is 0 Å². The van der Waals surface area contributed by atoms with Crippen LogP contribution < -0.4 is 10.6 Å². The third-order valence-corrected chi connectivity index (χ3v) is 2.92. The maximum atomic E-state index is 12.1. The minimum absolute atomic E-state index is 0.0593. The Balaban J connectivity index is 2.57. The number of ketones is 1. The molecule has 6 nitrogen and oxygen atoms in total. The molecule has 0 bridgehead atoms. The Morgan fingerprint density at radius 3 is 2.17 bits per heavy atom. The molecular formula is C17H25N3O3. The van der Waals surface area contributed by atoms with Gasteiger partial charge in [0.1, 0.15) is 0 Å². The van der Waals surface area contributed by atoms with Crippen molar-refractivity contribution in [3.8, 4) is 0 Å². The summed E-state index contributed by atoms with van der Waals surface area (Å²) >= 11 is 0. The SMILES string of the molecule is CC(=O)c1ccccc1NC(=O)CN(C)CC(=O)NC(C)(C)C. The Hall–Kier alpha value is -2.21. The van der Waals surface area contributed by atoms with Crippen molar-refractivity contribution in [3.05, 3.63) is 29.8 Å². The molecule has 23 heavy (non-hydrogen) atoms. The number of para-hydroxylation sites is 1. The van der Waals surface area contributed by atoms with Crippen LogP contribution in [0.25, 0.3) is 0 Å². The number of hydrogen-bond donors (Lipinski definition) is 2. The predicted octanol–water partition coefficient (Wildman–Crippen LogP) is 1.67. The third-order valence-electron chi connectivity index (χ3n) is 2.92. The number of benzene rings is 1. The fraction of sp³-hybridized carbons (Fsp3) is 0.471. The summed E-state index contributed by atoms with van der Waals surface area (Å²) in [6, 6.07) is 6.84. The van der Waals surface area contributed by atoms with Gasteiger partial charge in [-0.1, -0.05) is 12.1 Å². The van der Waals surface area contributed by atoms with Gasteiger partial charge < -0.3 is 10.6 Å². The van der Waals surface area contributed by atoms with E-state index < -0.39 is 0 Å². The fourth-order valence-corrected chi connectivity index (χ4v) is 2.09. The van der Waals surface area contributed by atoms with Gasteiger partial charge in [-0.2, -0.15) is 0 Å². The van der Waals surface area contributed by atoms with Gasteiger partial charge in [0.15, 0.2) is 5.78 Å². The first-order chi connectivity index (χ1) is 10.6. The number of likely N-dealkylation sites (N-methyl/N-ethyl adjacent to an activating group) is 1. The van der Waals surface area contributed by atoms with E-state index in [1.54, 1.807) is 36.2 Å². The van der Waals surface area contributed by atoms with Crippen LogP contribution in [0.3, 0.4) is 0 Å². The highest BCUT2D eigenvalue weighted by atomic mass is 16.2. The first kappa shape index (κ1) is 18.8. The molecule has 0 aliphatic carbocycles. The maximum Gasteiger partial charge on any atom is 0.238 e. The summed E-state index contributed by atoms with van der Waals surface area (Å²) < 4.78 is 0. The molecule has 126 valence electrons. The number of carbonyl (C=O) groups excluding carboxylic acids is 3. The zero-order valence-corrected chi connectivity index (χ0v) is 14.4. The van der Waals surface area contributed by atoms with Crippen molar-refractivity contribution in [1.82, 2.24) is 10.2 Å². The van der Waals surface area contributed by atoms with E-state index in [4.69, 9.17) is 0 Å². The molecule has 2 N–H and O–H groups in total. The van der Waals surface area contributed by atoms with Crippen LogP contribution in [0.5, 0.6) is 0 Å². The number of carbonyl (C=O) groups is 3. The van der Waals surface area contributed by atoms with E-state index >= 15 is 0 Å². The monoisotopic (exact) mass is 319 g/mol. The van der Waals surface area contributed by atoms with Crippen molar-refractivity contribution >= 4 is 23.3 Å². The molecule has 0 saturated carbocycles. The van der Waals surface area contributed by atoms with Crippen LogP contribution in [-0.4, -0.2) is 48.2 Å². The molecule has 0 aromatic heterocycles. The van der Waals surface area contributed by atoms with Gasteiger partial charge in [-0.3, -0.25) is 19.3 Å². The number of nitrogens with zero attached hydrogens (tertiary/aromatic N) is 1. The van der Waals surface area contributed by atoms with Crippen LogP contribution in [0.15, 0.2) is 24.3 Å². The van der Waals surface area contributed by atoms with Crippen LogP contribution in [-0.2, 0) is 9.59 Å². The molecule has 1 rings (SSSR count). The largest absolute Gasteiger partial charge is 0.350 e. The molecule has 2 amide bonds. The summed E-state index contributed by atoms with van der Waals surface area (Å²) in [7, 11) is 1.69. The van der Waals surface area contributed by atoms with Crippen molar-refractivity contribution < 1.29 is 14.4 Å². The number of rotatable bonds is 6. The van der Waals surface area contributed by atoms with Crippen molar-refractivity contribution in [3.63, 3.8) is 0 Å². The van der Waals surface area contributed by atoms with Crippen LogP contribution in [0, 0.1) is 0 Å². The van der Waals surface area contributed by atoms with E-state index in [1.165, 1.54) is 6.92 Å². The summed E-state index contributed by atoms with van der Waals surface area (Å²) in [5, 5.41) is 5.55. The second-order valence-electron chi connectivity index (χ2n) is 6.62. The van der Waals surface area contributed by atoms with Gasteiger partial charge in [0.25, 0.3) is 0 Å². The van der Waals surface area contributed by atoms with E-state index in [-0.39, 0.29) is 36.2 Å². The van der Waals surface area contributed by atoms with Gasteiger partial charge in [0, 0.05) is 11.1 Å². The van der Waals surface area contributed by atoms with E-state index in [0.29, 0.717) is 11.3 Å². The molecule has 1 aromatic rings. The highest BCUT2D eigenvalue weighted by molar-refractivity contribution is 6.04. The highest BCUT2D eigenvalue weighted by Gasteiger charge is 2.17. The first-order valence-electron chi connectivity index (χ1n) is 7.48. The topological polar surface area (TPSA) is 78.5 Å². The second-order valence-corrected chi connectivity index (χ2v) is 6.62. The maximum absolute atomic E-state index is 12.1. The fourth-order valence-electron chi connectivity index (χ4n) is 2.09. The van der Waals surface area contributed by atoms with Gasteiger partial charge in [0.2, 0.25) is 11.8 Å². The standard InChI is InChI=1S/C17H25N3O3/c1-12(21)13-8-6-7-9-14(13)18-15(22)10-20(5)11-16(23)19-17(2,3)4/h6-9H,10-11H2,1-5H3,(H,18,22)(H,19,23). The predicted molar refractivity (Wildman–Crippen MR) is 90.5 cm³/mol. The molecule has 0 spiro atoms. The van der Waals surface area contributed by atoms with E-state index in [0.717, 1.165) is 0 Å². The zero-order chi connectivity index (χ0) is 17.6. The molecule has 1 aromatic carbocycles. The number of anilines is 1. The highest BCUT2D eigenvalue weighted by Crippen LogP contribution is 2.15. The van der Waals surface area contributed by atoms with Crippen LogP contribution in [0.2, 0.25) is 0 Å². The van der Waals surface area contributed by atoms with E-state index in [2.05, 4.69) is 10.6 Å². The van der Waals surface area contributed by atoms with Crippen molar-refractivity contribution in [2.24, 2.45) is 0 Å². The molecular weight excluding hydrogens is 294 g/mol. The number of hydrogen-bond acceptors (Lipinski definition) is 4. The lowest BCUT2D eigenvalue weighted by Gasteiger charge is -2.23. The molecule has 0 fully saturated rings. The van der Waals surface area contributed by atoms with Crippen molar-refractivity contribution in [2.45, 2.75) is 33.2 Å². The van der Waals surface area contributed by atoms with Crippen molar-refractivity contribution in [2.75, 3.05) is 25.5 Å². The minimum atomic E-state index is -0.305. The third kappa shape index (κ3) is 7.06. The quantitative estimate of drug-likeness (QED) is 0.782. The van der Waals surface area contributed by atoms with Gasteiger partial charge in [-0.05, 0) is 46.9 Å². The Kier molecular flexibility index (Phi) is 6.45. The number of amides is 2. The van der Waals surface area contributed by atoms with Gasteiger partial charge in [-0.25, -0.2) is 0 Å². The van der Waals surface area contributed by atoms with E-state index in [1.807, 2.05) is 20.8 Å². The molecule has 6 heteroatoms. The second kappa shape index (κ2) is 7.87. The minimum Gasteiger partial charge on any atom is -0.350 e. The summed E-state index contributed by atoms with van der Waals surface area (Å²) in [5.74, 6) is -0.527. The average Bonchev–Trinajstić information content (AvgIpc) is 2.35. The number of nitrogens with one attached hydrogen (secondary N) is 2. The van der Waals surface area contributed by atoms with Crippen LogP contribution in [0.1, 0.15) is 38.1 Å². The lowest BCUT2D eigenvalue weighted by molar-refractivity contribution is -0.124. The van der Waals surface area contributed by atoms with E-state index in [9.17, 15) is 14.4 Å². The molecule has 0 aliphatic rings. The molecule has 0 atom stereocenters. The summed E-state index contributed by atoms with van der Waals surface area (Å²) in [6.45, 7) is 7.33. The average molecular weight is 319 g/mol. The summed E-state index contributed by atoms with van der Waals surface area (Å²) in [4.78, 5) is 37.0.